The van der Waals surface area contributed by atoms with Gasteiger partial charge in [0.05, 0.1) is 5.71 Å². The number of anilines is 1. The number of nitrogens with zero attached hydrogens (tertiary/aromatic N) is 2. The molecule has 1 aromatic rings. The second-order valence-electron chi connectivity index (χ2n) is 4.02. The van der Waals surface area contributed by atoms with Gasteiger partial charge in [-0.15, -0.1) is 5.10 Å². The average Bonchev–Trinajstić information content (AvgIpc) is 2.47. The van der Waals surface area contributed by atoms with Gasteiger partial charge in [-0.3, -0.25) is 4.79 Å². The maximum Gasteiger partial charge on any atom is 0.471 e. The molecule has 0 spiro atoms. The van der Waals surface area contributed by atoms with Crippen molar-refractivity contribution in [3.63, 3.8) is 0 Å². The second kappa shape index (κ2) is 6.17. The van der Waals surface area contributed by atoms with Crippen molar-refractivity contribution in [2.45, 2.75) is 6.18 Å². The van der Waals surface area contributed by atoms with Gasteiger partial charge in [0.25, 0.3) is 0 Å². The predicted octanol–water partition coefficient (Wildman–Crippen LogP) is 2.21. The van der Waals surface area contributed by atoms with Crippen molar-refractivity contribution in [1.29, 1.82) is 0 Å². The Balaban J connectivity index is 2.08. The number of benzene rings is 1. The van der Waals surface area contributed by atoms with E-state index in [1.807, 2.05) is 0 Å². The highest BCUT2D eigenvalue weighted by molar-refractivity contribution is 8.14. The van der Waals surface area contributed by atoms with Crippen LogP contribution in [0.3, 0.4) is 0 Å². The molecule has 2 N–H and O–H groups in total. The first-order valence-corrected chi connectivity index (χ1v) is 6.82. The monoisotopic (exact) mass is 316 g/mol. The molecular weight excluding hydrogens is 305 g/mol. The fourth-order valence-corrected chi connectivity index (χ4v) is 2.25. The summed E-state index contributed by atoms with van der Waals surface area (Å²) >= 11 is 1.47. The van der Waals surface area contributed by atoms with Crippen molar-refractivity contribution in [2.24, 2.45) is 10.2 Å². The SMILES string of the molecule is CNC1=NN=C(c2ccc(NC(=O)C(F)(F)F)cc2)CS1. The van der Waals surface area contributed by atoms with Crippen molar-refractivity contribution in [3.05, 3.63) is 29.8 Å². The molecule has 0 radical (unpaired) electrons. The zero-order valence-electron chi connectivity index (χ0n) is 10.9. The number of amidine groups is 1. The summed E-state index contributed by atoms with van der Waals surface area (Å²) in [5, 5.41) is 13.3. The van der Waals surface area contributed by atoms with E-state index < -0.39 is 12.1 Å². The quantitative estimate of drug-likeness (QED) is 0.879. The molecular formula is C12H11F3N4OS. The molecule has 112 valence electrons. The van der Waals surface area contributed by atoms with Crippen LogP contribution in [0.5, 0.6) is 0 Å². The van der Waals surface area contributed by atoms with E-state index in [2.05, 4.69) is 15.5 Å². The molecule has 2 rings (SSSR count). The third-order valence-electron chi connectivity index (χ3n) is 2.55. The number of hydrogen-bond acceptors (Lipinski definition) is 5. The number of thioether (sulfide) groups is 1. The van der Waals surface area contributed by atoms with Gasteiger partial charge < -0.3 is 10.6 Å². The van der Waals surface area contributed by atoms with Crippen LogP contribution in [0.4, 0.5) is 18.9 Å². The van der Waals surface area contributed by atoms with Gasteiger partial charge in [0.2, 0.25) is 0 Å². The molecule has 21 heavy (non-hydrogen) atoms. The zero-order chi connectivity index (χ0) is 15.5. The van der Waals surface area contributed by atoms with E-state index in [4.69, 9.17) is 0 Å². The summed E-state index contributed by atoms with van der Waals surface area (Å²) in [4.78, 5) is 10.8. The summed E-state index contributed by atoms with van der Waals surface area (Å²) in [6.07, 6.45) is -4.90. The molecule has 0 fully saturated rings. The first-order chi connectivity index (χ1) is 9.90. The van der Waals surface area contributed by atoms with Gasteiger partial charge in [-0.2, -0.15) is 18.3 Å². The van der Waals surface area contributed by atoms with Crippen molar-refractivity contribution in [3.8, 4) is 0 Å². The first-order valence-electron chi connectivity index (χ1n) is 5.84. The van der Waals surface area contributed by atoms with Crippen molar-refractivity contribution in [1.82, 2.24) is 5.32 Å². The smallest absolute Gasteiger partial charge is 0.366 e. The largest absolute Gasteiger partial charge is 0.471 e. The molecule has 1 aliphatic rings. The van der Waals surface area contributed by atoms with Gasteiger partial charge in [0.1, 0.15) is 0 Å². The van der Waals surface area contributed by atoms with E-state index >= 15 is 0 Å². The van der Waals surface area contributed by atoms with E-state index in [-0.39, 0.29) is 5.69 Å². The van der Waals surface area contributed by atoms with Crippen molar-refractivity contribution in [2.75, 3.05) is 18.1 Å². The van der Waals surface area contributed by atoms with Crippen LogP contribution in [0.1, 0.15) is 5.56 Å². The molecule has 0 aliphatic carbocycles. The highest BCUT2D eigenvalue weighted by Crippen LogP contribution is 2.20. The third kappa shape index (κ3) is 3.97. The second-order valence-corrected chi connectivity index (χ2v) is 4.98. The van der Waals surface area contributed by atoms with Crippen LogP contribution in [-0.2, 0) is 4.79 Å². The number of rotatable bonds is 2. The lowest BCUT2D eigenvalue weighted by atomic mass is 10.1. The lowest BCUT2D eigenvalue weighted by Crippen LogP contribution is -2.29. The van der Waals surface area contributed by atoms with Crippen LogP contribution in [-0.4, -0.2) is 35.8 Å². The first kappa shape index (κ1) is 15.4. The normalized spacial score (nSPS) is 15.0. The van der Waals surface area contributed by atoms with Crippen LogP contribution in [0.2, 0.25) is 0 Å². The molecule has 0 bridgehead atoms. The van der Waals surface area contributed by atoms with Crippen molar-refractivity contribution < 1.29 is 18.0 Å². The van der Waals surface area contributed by atoms with E-state index in [9.17, 15) is 18.0 Å². The van der Waals surface area contributed by atoms with E-state index in [0.717, 1.165) is 5.56 Å². The van der Waals surface area contributed by atoms with Gasteiger partial charge in [-0.05, 0) is 17.7 Å². The maximum atomic E-state index is 12.1. The molecule has 0 unspecified atom stereocenters. The van der Waals surface area contributed by atoms with E-state index in [1.54, 1.807) is 24.5 Å². The molecule has 0 aromatic heterocycles. The van der Waals surface area contributed by atoms with Crippen LogP contribution < -0.4 is 10.6 Å². The summed E-state index contributed by atoms with van der Waals surface area (Å²) < 4.78 is 36.4. The number of carbonyl (C=O) groups is 1. The number of amides is 1. The molecule has 9 heteroatoms. The summed E-state index contributed by atoms with van der Waals surface area (Å²) in [5.41, 5.74) is 1.53. The van der Waals surface area contributed by atoms with Gasteiger partial charge in [0.15, 0.2) is 5.17 Å². The highest BCUT2D eigenvalue weighted by Gasteiger charge is 2.38. The Morgan fingerprint density at radius 2 is 1.90 bits per heavy atom. The van der Waals surface area contributed by atoms with E-state index in [0.29, 0.717) is 16.6 Å². The Morgan fingerprint density at radius 1 is 1.24 bits per heavy atom. The minimum Gasteiger partial charge on any atom is -0.366 e. The van der Waals surface area contributed by atoms with Gasteiger partial charge in [-0.25, -0.2) is 0 Å². The summed E-state index contributed by atoms with van der Waals surface area (Å²) in [6, 6.07) is 5.96. The minimum absolute atomic E-state index is 0.0737. The maximum absolute atomic E-state index is 12.1. The highest BCUT2D eigenvalue weighted by atomic mass is 32.2. The summed E-state index contributed by atoms with van der Waals surface area (Å²) in [7, 11) is 1.74. The number of carbonyl (C=O) groups excluding carboxylic acids is 1. The number of alkyl halides is 3. The fraction of sp³-hybridized carbons (Fsp3) is 0.250. The Hall–Kier alpha value is -2.03. The fourth-order valence-electron chi connectivity index (χ4n) is 1.51. The lowest BCUT2D eigenvalue weighted by molar-refractivity contribution is -0.167. The molecule has 0 saturated carbocycles. The zero-order valence-corrected chi connectivity index (χ0v) is 11.7. The molecule has 1 aliphatic heterocycles. The topological polar surface area (TPSA) is 65.8 Å². The van der Waals surface area contributed by atoms with E-state index in [1.165, 1.54) is 23.9 Å². The van der Waals surface area contributed by atoms with Crippen LogP contribution in [0.15, 0.2) is 34.5 Å². The minimum atomic E-state index is -4.90. The van der Waals surface area contributed by atoms with Gasteiger partial charge in [0, 0.05) is 18.5 Å². The number of hydrogen-bond donors (Lipinski definition) is 2. The van der Waals surface area contributed by atoms with Crippen LogP contribution >= 0.6 is 11.8 Å². The molecule has 0 atom stereocenters. The van der Waals surface area contributed by atoms with Gasteiger partial charge in [-0.1, -0.05) is 23.9 Å². The Bertz CT molecular complexity index is 596. The molecule has 5 nitrogen and oxygen atoms in total. The van der Waals surface area contributed by atoms with Gasteiger partial charge >= 0.3 is 12.1 Å². The number of nitrogens with one attached hydrogen (secondary N) is 2. The molecule has 1 aromatic carbocycles. The standard InChI is InChI=1S/C12H11F3N4OS/c1-16-11-19-18-9(6-21-11)7-2-4-8(5-3-7)17-10(20)12(13,14)15/h2-5H,6H2,1H3,(H,16,19)(H,17,20). The Labute approximate surface area is 122 Å². The predicted molar refractivity (Wildman–Crippen MR) is 76.6 cm³/mol. The molecule has 1 heterocycles. The third-order valence-corrected chi connectivity index (χ3v) is 3.53. The summed E-state index contributed by atoms with van der Waals surface area (Å²) in [6.45, 7) is 0. The summed E-state index contributed by atoms with van der Waals surface area (Å²) in [5.74, 6) is -1.39. The Kier molecular flexibility index (Phi) is 4.51. The van der Waals surface area contributed by atoms with Crippen LogP contribution in [0.25, 0.3) is 0 Å². The lowest BCUT2D eigenvalue weighted by Gasteiger charge is -2.12. The van der Waals surface area contributed by atoms with Crippen molar-refractivity contribution >= 4 is 34.2 Å². The number of halogens is 3. The molecule has 0 saturated heterocycles. The van der Waals surface area contributed by atoms with Crippen LogP contribution in [0, 0.1) is 0 Å². The Morgan fingerprint density at radius 3 is 2.38 bits per heavy atom. The molecule has 1 amide bonds. The average molecular weight is 316 g/mol.